The first kappa shape index (κ1) is 17.4. The van der Waals surface area contributed by atoms with Crippen LogP contribution in [0.3, 0.4) is 0 Å². The number of carbonyl (C=O) groups is 1. The molecule has 5 nitrogen and oxygen atoms in total. The fraction of sp³-hybridized carbons (Fsp3) is 0.632. The fourth-order valence-corrected chi connectivity index (χ4v) is 3.63. The maximum absolute atomic E-state index is 11.7. The molecule has 0 aromatic heterocycles. The van der Waals surface area contributed by atoms with E-state index in [4.69, 9.17) is 9.47 Å². The predicted octanol–water partition coefficient (Wildman–Crippen LogP) is 2.86. The second-order valence-electron chi connectivity index (χ2n) is 6.71. The van der Waals surface area contributed by atoms with Crippen LogP contribution < -0.4 is 0 Å². The highest BCUT2D eigenvalue weighted by Gasteiger charge is 2.31. The average Bonchev–Trinajstić information content (AvgIpc) is 2.63. The zero-order chi connectivity index (χ0) is 16.8. The third-order valence-corrected chi connectivity index (χ3v) is 4.98. The number of rotatable bonds is 6. The van der Waals surface area contributed by atoms with Crippen LogP contribution >= 0.6 is 0 Å². The van der Waals surface area contributed by atoms with Gasteiger partial charge in [-0.3, -0.25) is 9.69 Å². The van der Waals surface area contributed by atoms with Gasteiger partial charge in [0.1, 0.15) is 6.04 Å². The summed E-state index contributed by atoms with van der Waals surface area (Å²) >= 11 is 0. The minimum absolute atomic E-state index is 0.219. The van der Waals surface area contributed by atoms with E-state index in [1.54, 1.807) is 0 Å². The second-order valence-corrected chi connectivity index (χ2v) is 6.71. The van der Waals surface area contributed by atoms with E-state index in [1.165, 1.54) is 6.42 Å². The Morgan fingerprint density at radius 3 is 2.58 bits per heavy atom. The number of carboxylic acids is 1. The second kappa shape index (κ2) is 8.60. The molecule has 0 saturated carbocycles. The van der Waals surface area contributed by atoms with E-state index in [9.17, 15) is 9.90 Å². The van der Waals surface area contributed by atoms with Crippen molar-refractivity contribution in [2.24, 2.45) is 0 Å². The Bertz CT molecular complexity index is 507. The minimum atomic E-state index is -0.781. The Morgan fingerprint density at radius 1 is 1.21 bits per heavy atom. The molecule has 1 aromatic carbocycles. The number of ether oxygens (including phenoxy) is 2. The van der Waals surface area contributed by atoms with Gasteiger partial charge in [0, 0.05) is 19.7 Å². The molecule has 5 heteroatoms. The number of hydrogen-bond donors (Lipinski definition) is 1. The van der Waals surface area contributed by atoms with Gasteiger partial charge < -0.3 is 14.6 Å². The molecule has 0 aliphatic carbocycles. The highest BCUT2D eigenvalue weighted by atomic mass is 16.5. The van der Waals surface area contributed by atoms with E-state index in [1.807, 2.05) is 30.3 Å². The standard InChI is InChI=1S/C19H27NO4/c21-19(22)18(15-6-2-1-3-7-15)20-11-9-16(10-12-20)24-14-17-8-4-5-13-23-17/h1-3,6-7,16-18H,4-5,8-14H2,(H,21,22). The molecule has 2 atom stereocenters. The van der Waals surface area contributed by atoms with Crippen LogP contribution in [0.5, 0.6) is 0 Å². The van der Waals surface area contributed by atoms with Crippen molar-refractivity contribution >= 4 is 5.97 Å². The number of carboxylic acid groups (broad SMARTS) is 1. The van der Waals surface area contributed by atoms with Crippen LogP contribution in [-0.2, 0) is 14.3 Å². The number of aliphatic carboxylic acids is 1. The molecule has 2 aliphatic heterocycles. The molecule has 3 rings (SSSR count). The Balaban J connectivity index is 1.49. The van der Waals surface area contributed by atoms with Gasteiger partial charge in [-0.05, 0) is 37.7 Å². The van der Waals surface area contributed by atoms with Gasteiger partial charge in [0.2, 0.25) is 0 Å². The summed E-state index contributed by atoms with van der Waals surface area (Å²) < 4.78 is 11.7. The lowest BCUT2D eigenvalue weighted by atomic mass is 10.0. The topological polar surface area (TPSA) is 59.0 Å². The highest BCUT2D eigenvalue weighted by Crippen LogP contribution is 2.26. The van der Waals surface area contributed by atoms with Crippen LogP contribution in [0.15, 0.2) is 30.3 Å². The zero-order valence-electron chi connectivity index (χ0n) is 14.1. The maximum Gasteiger partial charge on any atom is 0.325 e. The number of benzene rings is 1. The Labute approximate surface area is 143 Å². The van der Waals surface area contributed by atoms with Gasteiger partial charge in [-0.25, -0.2) is 0 Å². The van der Waals surface area contributed by atoms with Gasteiger partial charge in [0.25, 0.3) is 0 Å². The molecule has 2 saturated heterocycles. The van der Waals surface area contributed by atoms with Crippen LogP contribution in [0, 0.1) is 0 Å². The molecule has 2 fully saturated rings. The largest absolute Gasteiger partial charge is 0.480 e. The van der Waals surface area contributed by atoms with Crippen molar-refractivity contribution in [3.63, 3.8) is 0 Å². The van der Waals surface area contributed by atoms with Crippen molar-refractivity contribution in [1.82, 2.24) is 4.90 Å². The molecular weight excluding hydrogens is 306 g/mol. The zero-order valence-corrected chi connectivity index (χ0v) is 14.1. The van der Waals surface area contributed by atoms with Crippen molar-refractivity contribution in [3.05, 3.63) is 35.9 Å². The molecule has 2 aliphatic rings. The summed E-state index contributed by atoms with van der Waals surface area (Å²) in [7, 11) is 0. The highest BCUT2D eigenvalue weighted by molar-refractivity contribution is 5.75. The fourth-order valence-electron chi connectivity index (χ4n) is 3.63. The summed E-state index contributed by atoms with van der Waals surface area (Å²) in [5.41, 5.74) is 0.847. The van der Waals surface area contributed by atoms with Crippen LogP contribution in [0.1, 0.15) is 43.7 Å². The molecule has 2 heterocycles. The molecule has 0 spiro atoms. The Hall–Kier alpha value is -1.43. The Kier molecular flexibility index (Phi) is 6.24. The van der Waals surface area contributed by atoms with Gasteiger partial charge in [0.05, 0.1) is 18.8 Å². The van der Waals surface area contributed by atoms with Crippen LogP contribution in [0.2, 0.25) is 0 Å². The molecule has 1 N–H and O–H groups in total. The van der Waals surface area contributed by atoms with E-state index in [2.05, 4.69) is 4.90 Å². The summed E-state index contributed by atoms with van der Waals surface area (Å²) in [5.74, 6) is -0.781. The lowest BCUT2D eigenvalue weighted by Crippen LogP contribution is -2.42. The third-order valence-electron chi connectivity index (χ3n) is 4.98. The average molecular weight is 333 g/mol. The summed E-state index contributed by atoms with van der Waals surface area (Å²) in [6, 6.07) is 8.92. The van der Waals surface area contributed by atoms with Crippen molar-refractivity contribution in [1.29, 1.82) is 0 Å². The molecule has 1 aromatic rings. The number of nitrogens with zero attached hydrogens (tertiary/aromatic N) is 1. The minimum Gasteiger partial charge on any atom is -0.480 e. The Morgan fingerprint density at radius 2 is 1.96 bits per heavy atom. The first-order chi connectivity index (χ1) is 11.7. The first-order valence-corrected chi connectivity index (χ1v) is 8.99. The van der Waals surface area contributed by atoms with Gasteiger partial charge in [-0.15, -0.1) is 0 Å². The predicted molar refractivity (Wildman–Crippen MR) is 91.0 cm³/mol. The van der Waals surface area contributed by atoms with Crippen molar-refractivity contribution in [2.45, 2.75) is 50.4 Å². The van der Waals surface area contributed by atoms with E-state index >= 15 is 0 Å². The van der Waals surface area contributed by atoms with E-state index in [0.29, 0.717) is 6.61 Å². The molecule has 0 bridgehead atoms. The van der Waals surface area contributed by atoms with E-state index < -0.39 is 12.0 Å². The third kappa shape index (κ3) is 4.56. The smallest absolute Gasteiger partial charge is 0.325 e. The summed E-state index contributed by atoms with van der Waals surface area (Å²) in [4.78, 5) is 13.8. The summed E-state index contributed by atoms with van der Waals surface area (Å²) in [6.45, 7) is 3.03. The lowest BCUT2D eigenvalue weighted by Gasteiger charge is -2.36. The van der Waals surface area contributed by atoms with Crippen molar-refractivity contribution < 1.29 is 19.4 Å². The van der Waals surface area contributed by atoms with Crippen LogP contribution in [0.4, 0.5) is 0 Å². The molecule has 0 amide bonds. The lowest BCUT2D eigenvalue weighted by molar-refractivity contribution is -0.145. The number of piperidine rings is 1. The molecular formula is C19H27NO4. The molecule has 0 radical (unpaired) electrons. The quantitative estimate of drug-likeness (QED) is 0.867. The summed E-state index contributed by atoms with van der Waals surface area (Å²) in [6.07, 6.45) is 5.69. The first-order valence-electron chi connectivity index (χ1n) is 8.99. The van der Waals surface area contributed by atoms with Gasteiger partial charge in [0.15, 0.2) is 0 Å². The van der Waals surface area contributed by atoms with Crippen molar-refractivity contribution in [3.8, 4) is 0 Å². The normalized spacial score (nSPS) is 24.6. The van der Waals surface area contributed by atoms with Gasteiger partial charge in [-0.1, -0.05) is 30.3 Å². The van der Waals surface area contributed by atoms with Crippen molar-refractivity contribution in [2.75, 3.05) is 26.3 Å². The van der Waals surface area contributed by atoms with E-state index in [-0.39, 0.29) is 12.2 Å². The van der Waals surface area contributed by atoms with Crippen LogP contribution in [0.25, 0.3) is 0 Å². The molecule has 2 unspecified atom stereocenters. The van der Waals surface area contributed by atoms with Gasteiger partial charge in [-0.2, -0.15) is 0 Å². The summed E-state index contributed by atoms with van der Waals surface area (Å²) in [5, 5.41) is 9.63. The maximum atomic E-state index is 11.7. The molecule has 132 valence electrons. The number of likely N-dealkylation sites (tertiary alicyclic amines) is 1. The number of hydrogen-bond acceptors (Lipinski definition) is 4. The van der Waals surface area contributed by atoms with E-state index in [0.717, 1.165) is 50.9 Å². The monoisotopic (exact) mass is 333 g/mol. The van der Waals surface area contributed by atoms with Crippen LogP contribution in [-0.4, -0.2) is 54.5 Å². The SMILES string of the molecule is O=C(O)C(c1ccccc1)N1CCC(OCC2CCCCO2)CC1. The molecule has 24 heavy (non-hydrogen) atoms. The van der Waals surface area contributed by atoms with Gasteiger partial charge >= 0.3 is 5.97 Å².